The number of aromatic nitrogens is 3. The Hall–Kier alpha value is -5.64. The maximum absolute atomic E-state index is 13.6. The zero-order valence-electron chi connectivity index (χ0n) is 55.1. The van der Waals surface area contributed by atoms with Gasteiger partial charge in [-0.2, -0.15) is 0 Å². The summed E-state index contributed by atoms with van der Waals surface area (Å²) in [6.07, 6.45) is 8.78. The zero-order valence-corrected chi connectivity index (χ0v) is 55.1. The van der Waals surface area contributed by atoms with Crippen LogP contribution in [0, 0.1) is 40.1 Å². The molecule has 95 heavy (non-hydrogen) atoms. The number of nitrogens with zero attached hydrogens (tertiary/aromatic N) is 6. The van der Waals surface area contributed by atoms with Crippen LogP contribution in [0.25, 0.3) is 0 Å². The molecule has 0 radical (unpaired) electrons. The Balaban J connectivity index is 0.572. The van der Waals surface area contributed by atoms with Crippen molar-refractivity contribution in [1.82, 2.24) is 35.0 Å². The summed E-state index contributed by atoms with van der Waals surface area (Å²) >= 11 is 0. The second-order valence-corrected chi connectivity index (χ2v) is 23.8. The summed E-state index contributed by atoms with van der Waals surface area (Å²) in [5.74, 6) is -4.90. The van der Waals surface area contributed by atoms with E-state index in [1.807, 2.05) is 29.3 Å². The van der Waals surface area contributed by atoms with Gasteiger partial charge in [-0.25, -0.2) is 17.9 Å². The fourth-order valence-corrected chi connectivity index (χ4v) is 12.6. The second-order valence-electron chi connectivity index (χ2n) is 23.8. The number of carboxylic acid groups (broad SMARTS) is 1. The highest BCUT2D eigenvalue weighted by Gasteiger charge is 2.74. The van der Waals surface area contributed by atoms with Gasteiger partial charge in [0.15, 0.2) is 11.6 Å². The lowest BCUT2D eigenvalue weighted by atomic mass is 9.55. The van der Waals surface area contributed by atoms with Crippen LogP contribution in [0.2, 0.25) is 0 Å². The van der Waals surface area contributed by atoms with E-state index < -0.39 is 35.1 Å². The number of aliphatic carboxylic acids is 1. The molecule has 26 nitrogen and oxygen atoms in total. The van der Waals surface area contributed by atoms with Crippen molar-refractivity contribution in [2.45, 2.75) is 114 Å². The number of carbonyl (C=O) groups is 3. The van der Waals surface area contributed by atoms with Gasteiger partial charge in [0.1, 0.15) is 17.3 Å². The third-order valence-electron chi connectivity index (χ3n) is 17.2. The number of amides is 1. The number of halogens is 3. The van der Waals surface area contributed by atoms with Gasteiger partial charge in [0.2, 0.25) is 11.7 Å². The van der Waals surface area contributed by atoms with Gasteiger partial charge >= 0.3 is 11.9 Å². The van der Waals surface area contributed by atoms with Crippen molar-refractivity contribution >= 4 is 29.5 Å². The topological polar surface area (TPSA) is 292 Å². The molecule has 5 fully saturated rings. The lowest BCUT2D eigenvalue weighted by Crippen LogP contribution is -2.81. The molecule has 1 aromatic heterocycles. The Kier molecular flexibility index (Phi) is 35.2. The molecule has 1 amide bonds. The first-order chi connectivity index (χ1) is 46.3. The number of hydrogen-bond donors (Lipinski definition) is 4. The summed E-state index contributed by atoms with van der Waals surface area (Å²) in [7, 11) is 0. The summed E-state index contributed by atoms with van der Waals surface area (Å²) in [5.41, 5.74) is 1.93. The van der Waals surface area contributed by atoms with E-state index in [1.54, 1.807) is 11.6 Å². The Morgan fingerprint density at radius 1 is 0.663 bits per heavy atom. The Morgan fingerprint density at radius 2 is 1.18 bits per heavy atom. The molecule has 1 spiro atoms. The smallest absolute Gasteiger partial charge is 0.313 e. The molecule has 5 atom stereocenters. The van der Waals surface area contributed by atoms with Crippen LogP contribution in [0.4, 0.5) is 13.2 Å². The van der Waals surface area contributed by atoms with Gasteiger partial charge in [0.05, 0.1) is 190 Å². The quantitative estimate of drug-likeness (QED) is 0.0169. The molecule has 532 valence electrons. The molecule has 8 rings (SSSR count). The number of likely N-dealkylation sites (tertiary alicyclic amines) is 1. The predicted octanol–water partition coefficient (Wildman–Crippen LogP) is 5.88. The summed E-state index contributed by atoms with van der Waals surface area (Å²) in [6, 6.07) is 11.6. The minimum Gasteiger partial charge on any atom is -0.481 e. The van der Waals surface area contributed by atoms with E-state index in [0.29, 0.717) is 212 Å². The van der Waals surface area contributed by atoms with Crippen LogP contribution >= 0.6 is 0 Å². The van der Waals surface area contributed by atoms with Gasteiger partial charge in [0, 0.05) is 68.0 Å². The molecule has 4 heterocycles. The predicted molar refractivity (Wildman–Crippen MR) is 340 cm³/mol. The van der Waals surface area contributed by atoms with E-state index in [4.69, 9.17) is 72.8 Å². The highest BCUT2D eigenvalue weighted by Crippen LogP contribution is 2.67. The molecule has 29 heteroatoms. The van der Waals surface area contributed by atoms with Crippen molar-refractivity contribution in [2.24, 2.45) is 11.8 Å². The van der Waals surface area contributed by atoms with Crippen LogP contribution < -0.4 is 10.1 Å². The number of carbonyl (C=O) groups excluding carboxylic acids is 2. The monoisotopic (exact) mass is 1350 g/mol. The van der Waals surface area contributed by atoms with Gasteiger partial charge in [-0.1, -0.05) is 35.5 Å². The average Bonchev–Trinajstić information content (AvgIpc) is 1.57. The lowest BCUT2D eigenvalue weighted by Gasteiger charge is -2.70. The molecular formula is C66H100F3N9O17. The molecule has 2 bridgehead atoms. The molecular weight excluding hydrogens is 1250 g/mol. The van der Waals surface area contributed by atoms with Crippen molar-refractivity contribution in [3.05, 3.63) is 77.4 Å². The van der Waals surface area contributed by atoms with Crippen LogP contribution in [-0.2, 0) is 84.4 Å². The van der Waals surface area contributed by atoms with E-state index in [-0.39, 0.29) is 56.2 Å². The standard InChI is InChI=1S/C66H100F3N9O17/c1-50(70)78(60(71)8-5-9-62(80)81)59-47-66-15-10-58(64(59)66)77(66)18-13-57(52-6-3-2-4-7-52)72-61(79)44-51-11-16-75(17-12-51)19-22-84-25-28-87-40-41-93-42-43-94-49-54-48-76(74-73-54)20-23-85-26-29-88-31-33-90-35-37-92-39-38-91-36-34-89-32-30-86-27-24-83-21-14-63(82)95-65-55(68)45-53(67)46-56(65)69/h2-4,6-7,45-46,48,51,57-59,64,70-71H,5,8-44,47,49H2,1H3,(H,72,79)(H,80,81)/t57-,58?,59?,64?,66?/m0/s1. The first kappa shape index (κ1) is 76.7. The number of amidine groups is 2. The molecule has 4 N–H and O–H groups in total. The Bertz CT molecular complexity index is 2700. The largest absolute Gasteiger partial charge is 0.481 e. The number of fused-ring (bicyclic) bond motifs is 1. The van der Waals surface area contributed by atoms with Gasteiger partial charge in [0.25, 0.3) is 0 Å². The number of carboxylic acids is 1. The third-order valence-corrected chi connectivity index (χ3v) is 17.2. The maximum atomic E-state index is 13.6. The van der Waals surface area contributed by atoms with E-state index in [1.165, 1.54) is 0 Å². The number of ether oxygens (including phenoxy) is 13. The molecule has 3 aromatic rings. The minimum absolute atomic E-state index is 0.0262. The highest BCUT2D eigenvalue weighted by atomic mass is 19.1. The minimum atomic E-state index is -1.31. The number of hydrogen-bond acceptors (Lipinski definition) is 22. The lowest BCUT2D eigenvalue weighted by molar-refractivity contribution is -0.187. The Labute approximate surface area is 555 Å². The van der Waals surface area contributed by atoms with Gasteiger partial charge < -0.3 is 81.8 Å². The van der Waals surface area contributed by atoms with Crippen molar-refractivity contribution in [2.75, 3.05) is 178 Å². The molecule has 2 aromatic carbocycles. The molecule has 2 aliphatic carbocycles. The van der Waals surface area contributed by atoms with Gasteiger partial charge in [-0.05, 0) is 76.4 Å². The number of rotatable bonds is 54. The van der Waals surface area contributed by atoms with Gasteiger partial charge in [-0.3, -0.25) is 30.1 Å². The van der Waals surface area contributed by atoms with Crippen LogP contribution in [0.15, 0.2) is 48.7 Å². The fraction of sp³-hybridized carbons (Fsp3) is 0.712. The normalized spacial score (nSPS) is 18.9. The molecule has 3 aliphatic heterocycles. The SMILES string of the molecule is CC(=N)N(C(=N)CCCC(=O)O)C1CC23CCC(C12)N3CC[C@H](NC(=O)CC1CCN(CCOCCOCCOCCOCc2cn(CCOCCOCCOCCOCCOCCOCCOCCOCCC(=O)Oc3c(F)cc(F)cc3F)nn2)CC1)c1ccccc1. The van der Waals surface area contributed by atoms with E-state index in [9.17, 15) is 27.6 Å². The van der Waals surface area contributed by atoms with Gasteiger partial charge in [-0.15, -0.1) is 5.10 Å². The first-order valence-corrected chi connectivity index (χ1v) is 33.5. The van der Waals surface area contributed by atoms with Crippen molar-refractivity contribution in [3.63, 3.8) is 0 Å². The first-order valence-electron chi connectivity index (χ1n) is 33.5. The average molecular weight is 1350 g/mol. The highest BCUT2D eigenvalue weighted by molar-refractivity contribution is 5.97. The summed E-state index contributed by atoms with van der Waals surface area (Å²) in [4.78, 5) is 43.4. The zero-order chi connectivity index (χ0) is 67.3. The number of piperidine rings is 2. The number of benzene rings is 2. The number of nitrogens with one attached hydrogen (secondary N) is 3. The van der Waals surface area contributed by atoms with Crippen molar-refractivity contribution < 1.29 is 94.2 Å². The van der Waals surface area contributed by atoms with Crippen molar-refractivity contribution in [1.29, 1.82) is 10.8 Å². The van der Waals surface area contributed by atoms with E-state index in [0.717, 1.165) is 70.3 Å². The van der Waals surface area contributed by atoms with E-state index >= 15 is 0 Å². The molecule has 3 saturated heterocycles. The molecule has 2 saturated carbocycles. The van der Waals surface area contributed by atoms with Crippen LogP contribution in [0.3, 0.4) is 0 Å². The third kappa shape index (κ3) is 27.0. The van der Waals surface area contributed by atoms with Crippen molar-refractivity contribution in [3.8, 4) is 5.75 Å². The van der Waals surface area contributed by atoms with E-state index in [2.05, 4.69) is 42.3 Å². The van der Waals surface area contributed by atoms with Crippen LogP contribution in [0.5, 0.6) is 5.75 Å². The summed E-state index contributed by atoms with van der Waals surface area (Å²) in [6.45, 7) is 15.3. The maximum Gasteiger partial charge on any atom is 0.313 e. The molecule has 5 aliphatic rings. The van der Waals surface area contributed by atoms with Crippen LogP contribution in [0.1, 0.15) is 94.9 Å². The molecule has 4 unspecified atom stereocenters. The number of esters is 1. The fourth-order valence-electron chi connectivity index (χ4n) is 12.6. The Morgan fingerprint density at radius 3 is 1.71 bits per heavy atom. The second kappa shape index (κ2) is 43.6. The summed E-state index contributed by atoms with van der Waals surface area (Å²) < 4.78 is 113. The summed E-state index contributed by atoms with van der Waals surface area (Å²) in [5, 5.41) is 38.0. The van der Waals surface area contributed by atoms with Crippen LogP contribution in [-0.4, -0.2) is 260 Å².